The summed E-state index contributed by atoms with van der Waals surface area (Å²) in [7, 11) is -2.92. The molecule has 2 heterocycles. The molecule has 0 aliphatic carbocycles. The zero-order chi connectivity index (χ0) is 16.6. The highest BCUT2D eigenvalue weighted by atomic mass is 32.2. The maximum atomic E-state index is 11.8. The van der Waals surface area contributed by atoms with Crippen LogP contribution in [0.1, 0.15) is 0 Å². The highest BCUT2D eigenvalue weighted by Gasteiger charge is 2.35. The van der Waals surface area contributed by atoms with Gasteiger partial charge in [0.2, 0.25) is 0 Å². The van der Waals surface area contributed by atoms with Gasteiger partial charge in [-0.15, -0.1) is 0 Å². The summed E-state index contributed by atoms with van der Waals surface area (Å²) in [4.78, 5) is 26.2. The summed E-state index contributed by atoms with van der Waals surface area (Å²) >= 11 is 0. The zero-order valence-corrected chi connectivity index (χ0v) is 13.2. The first-order chi connectivity index (χ1) is 10.9. The van der Waals surface area contributed by atoms with Gasteiger partial charge in [-0.3, -0.25) is 9.69 Å². The summed E-state index contributed by atoms with van der Waals surface area (Å²) in [6, 6.07) is 7.11. The molecule has 2 N–H and O–H groups in total. The predicted molar refractivity (Wildman–Crippen MR) is 84.1 cm³/mol. The Morgan fingerprint density at radius 1 is 1.13 bits per heavy atom. The van der Waals surface area contributed by atoms with Crippen molar-refractivity contribution < 1.29 is 22.7 Å². The number of anilines is 2. The summed E-state index contributed by atoms with van der Waals surface area (Å²) in [5, 5.41) is 0. The molecule has 0 radical (unpaired) electrons. The number of ether oxygens (including phenoxy) is 1. The number of rotatable bonds is 3. The molecular weight excluding hydrogens is 322 g/mol. The van der Waals surface area contributed by atoms with Gasteiger partial charge in [-0.1, -0.05) is 0 Å². The van der Waals surface area contributed by atoms with E-state index in [9.17, 15) is 18.0 Å². The second kappa shape index (κ2) is 5.73. The van der Waals surface area contributed by atoms with Gasteiger partial charge in [-0.2, -0.15) is 0 Å². The van der Waals surface area contributed by atoms with Gasteiger partial charge in [-0.25, -0.2) is 13.2 Å². The van der Waals surface area contributed by atoms with E-state index in [2.05, 4.69) is 0 Å². The molecule has 0 aromatic heterocycles. The number of benzene rings is 1. The third-order valence-corrected chi connectivity index (χ3v) is 5.61. The number of hydrogen-bond acceptors (Lipinski definition) is 6. The van der Waals surface area contributed by atoms with E-state index in [4.69, 9.17) is 10.5 Å². The zero-order valence-electron chi connectivity index (χ0n) is 12.3. The summed E-state index contributed by atoms with van der Waals surface area (Å²) in [6.07, 6.45) is -1.54. The number of nitrogens with zero attached hydrogens (tertiary/aromatic N) is 2. The molecule has 0 saturated carbocycles. The van der Waals surface area contributed by atoms with E-state index in [-0.39, 0.29) is 18.1 Å². The van der Waals surface area contributed by atoms with E-state index < -0.39 is 27.9 Å². The minimum absolute atomic E-state index is 0.0927. The number of cyclic esters (lactones) is 1. The van der Waals surface area contributed by atoms with E-state index in [1.165, 1.54) is 4.90 Å². The fourth-order valence-corrected chi connectivity index (χ4v) is 3.84. The topological polar surface area (TPSA) is 110 Å². The molecule has 3 rings (SSSR count). The Kier molecular flexibility index (Phi) is 3.88. The van der Waals surface area contributed by atoms with E-state index >= 15 is 0 Å². The number of hydrogen-bond donors (Lipinski definition) is 1. The van der Waals surface area contributed by atoms with Crippen molar-refractivity contribution in [1.82, 2.24) is 0 Å². The van der Waals surface area contributed by atoms with Crippen LogP contribution in [0, 0.1) is 0 Å². The minimum atomic E-state index is -2.92. The molecule has 2 aliphatic heterocycles. The molecule has 0 spiro atoms. The van der Waals surface area contributed by atoms with Gasteiger partial charge >= 0.3 is 6.09 Å². The Hall–Kier alpha value is -2.29. The van der Waals surface area contributed by atoms with Crippen LogP contribution in [0.5, 0.6) is 0 Å². The maximum Gasteiger partial charge on any atom is 0.415 e. The Morgan fingerprint density at radius 2 is 1.70 bits per heavy atom. The molecule has 0 bridgehead atoms. The van der Waals surface area contributed by atoms with Crippen molar-refractivity contribution >= 4 is 33.2 Å². The number of sulfone groups is 1. The van der Waals surface area contributed by atoms with Crippen molar-refractivity contribution in [3.63, 3.8) is 0 Å². The third kappa shape index (κ3) is 3.24. The van der Waals surface area contributed by atoms with Gasteiger partial charge in [0, 0.05) is 24.5 Å². The molecule has 8 nitrogen and oxygen atoms in total. The second-order valence-electron chi connectivity index (χ2n) is 5.54. The molecule has 1 aromatic rings. The molecule has 2 aliphatic rings. The molecule has 0 unspecified atom stereocenters. The van der Waals surface area contributed by atoms with Gasteiger partial charge in [-0.05, 0) is 24.3 Å². The van der Waals surface area contributed by atoms with Crippen molar-refractivity contribution in [2.75, 3.05) is 40.9 Å². The Bertz CT molecular complexity index is 717. The van der Waals surface area contributed by atoms with Gasteiger partial charge in [0.15, 0.2) is 15.9 Å². The van der Waals surface area contributed by atoms with Crippen LogP contribution in [-0.2, 0) is 19.4 Å². The molecular formula is C14H17N3O5S. The summed E-state index contributed by atoms with van der Waals surface area (Å²) in [5.41, 5.74) is 6.64. The normalized spacial score (nSPS) is 23.7. The average Bonchev–Trinajstić information content (AvgIpc) is 2.90. The van der Waals surface area contributed by atoms with Crippen LogP contribution < -0.4 is 15.5 Å². The second-order valence-corrected chi connectivity index (χ2v) is 7.84. The van der Waals surface area contributed by atoms with Crippen molar-refractivity contribution in [3.8, 4) is 0 Å². The first-order valence-corrected chi connectivity index (χ1v) is 9.01. The lowest BCUT2D eigenvalue weighted by atomic mass is 10.2. The Balaban J connectivity index is 1.70. The summed E-state index contributed by atoms with van der Waals surface area (Å²) < 4.78 is 27.8. The standard InChI is InChI=1S/C14H17N3O5S/c15-13(18)12-9-17(14(19)22-12)11-3-1-10(2-4-11)16-5-7-23(20,21)8-6-16/h1-4,12H,5-9H2,(H2,15,18)/t12-/m1/s1. The number of carbonyl (C=O) groups excluding carboxylic acids is 2. The molecule has 124 valence electrons. The van der Waals surface area contributed by atoms with Crippen molar-refractivity contribution in [2.45, 2.75) is 6.10 Å². The maximum absolute atomic E-state index is 11.8. The van der Waals surface area contributed by atoms with E-state index in [1.54, 1.807) is 12.1 Å². The molecule has 23 heavy (non-hydrogen) atoms. The van der Waals surface area contributed by atoms with Crippen molar-refractivity contribution in [2.24, 2.45) is 5.73 Å². The van der Waals surface area contributed by atoms with Crippen molar-refractivity contribution in [1.29, 1.82) is 0 Å². The largest absolute Gasteiger partial charge is 0.434 e. The van der Waals surface area contributed by atoms with Gasteiger partial charge in [0.1, 0.15) is 0 Å². The van der Waals surface area contributed by atoms with Crippen LogP contribution in [0.15, 0.2) is 24.3 Å². The lowest BCUT2D eigenvalue weighted by Gasteiger charge is -2.29. The van der Waals surface area contributed by atoms with E-state index in [0.29, 0.717) is 18.8 Å². The monoisotopic (exact) mass is 339 g/mol. The van der Waals surface area contributed by atoms with Crippen LogP contribution in [0.3, 0.4) is 0 Å². The van der Waals surface area contributed by atoms with Gasteiger partial charge in [0.05, 0.1) is 18.1 Å². The summed E-state index contributed by atoms with van der Waals surface area (Å²) in [6.45, 7) is 1.00. The fourth-order valence-electron chi connectivity index (χ4n) is 2.64. The van der Waals surface area contributed by atoms with Crippen LogP contribution in [0.4, 0.5) is 16.2 Å². The van der Waals surface area contributed by atoms with Crippen molar-refractivity contribution in [3.05, 3.63) is 24.3 Å². The average molecular weight is 339 g/mol. The van der Waals surface area contributed by atoms with E-state index in [0.717, 1.165) is 5.69 Å². The number of carbonyl (C=O) groups is 2. The number of primary amides is 1. The molecule has 2 fully saturated rings. The highest BCUT2D eigenvalue weighted by molar-refractivity contribution is 7.91. The molecule has 9 heteroatoms. The molecule has 1 aromatic carbocycles. The molecule has 2 saturated heterocycles. The Labute approximate surface area is 133 Å². The lowest BCUT2D eigenvalue weighted by Crippen LogP contribution is -2.40. The van der Waals surface area contributed by atoms with Crippen LogP contribution >= 0.6 is 0 Å². The number of nitrogens with two attached hydrogens (primary N) is 1. The van der Waals surface area contributed by atoms with Gasteiger partial charge < -0.3 is 15.4 Å². The minimum Gasteiger partial charge on any atom is -0.434 e. The molecule has 2 amide bonds. The summed E-state index contributed by atoms with van der Waals surface area (Å²) in [5.74, 6) is -0.381. The smallest absolute Gasteiger partial charge is 0.415 e. The number of amides is 2. The van der Waals surface area contributed by atoms with Crippen LogP contribution in [0.25, 0.3) is 0 Å². The first kappa shape index (κ1) is 15.6. The first-order valence-electron chi connectivity index (χ1n) is 7.19. The molecule has 1 atom stereocenters. The van der Waals surface area contributed by atoms with Crippen LogP contribution in [-0.4, -0.2) is 57.7 Å². The van der Waals surface area contributed by atoms with Gasteiger partial charge in [0.25, 0.3) is 5.91 Å². The van der Waals surface area contributed by atoms with Crippen LogP contribution in [0.2, 0.25) is 0 Å². The van der Waals surface area contributed by atoms with E-state index in [1.807, 2.05) is 17.0 Å². The SMILES string of the molecule is NC(=O)[C@H]1CN(c2ccc(N3CCS(=O)(=O)CC3)cc2)C(=O)O1. The quantitative estimate of drug-likeness (QED) is 0.812. The third-order valence-electron chi connectivity index (χ3n) is 4.00. The lowest BCUT2D eigenvalue weighted by molar-refractivity contribution is -0.124. The predicted octanol–water partition coefficient (Wildman–Crippen LogP) is -0.268. The Morgan fingerprint density at radius 3 is 2.22 bits per heavy atom. The highest BCUT2D eigenvalue weighted by Crippen LogP contribution is 2.25. The fraction of sp³-hybridized carbons (Fsp3) is 0.429.